The Kier molecular flexibility index (Phi) is 3.69. The van der Waals surface area contributed by atoms with Crippen LogP contribution in [0.25, 0.3) is 12.2 Å². The molecule has 0 saturated heterocycles. The Labute approximate surface area is 110 Å². The van der Waals surface area contributed by atoms with Gasteiger partial charge in [-0.15, -0.1) is 0 Å². The van der Waals surface area contributed by atoms with E-state index in [0.717, 1.165) is 16.0 Å². The molecule has 0 aliphatic rings. The molecule has 17 heavy (non-hydrogen) atoms. The highest BCUT2D eigenvalue weighted by molar-refractivity contribution is 9.10. The molecule has 0 atom stereocenters. The van der Waals surface area contributed by atoms with E-state index in [4.69, 9.17) is 4.42 Å². The van der Waals surface area contributed by atoms with Crippen LogP contribution >= 0.6 is 15.9 Å². The fourth-order valence-corrected chi connectivity index (χ4v) is 1.80. The van der Waals surface area contributed by atoms with Crippen molar-refractivity contribution in [3.8, 4) is 0 Å². The van der Waals surface area contributed by atoms with Gasteiger partial charge in [-0.3, -0.25) is 0 Å². The average molecular weight is 292 g/mol. The first kappa shape index (κ1) is 12.0. The summed E-state index contributed by atoms with van der Waals surface area (Å²) < 4.78 is 6.14. The van der Waals surface area contributed by atoms with Gasteiger partial charge in [-0.25, -0.2) is 0 Å². The molecule has 1 heterocycles. The van der Waals surface area contributed by atoms with E-state index in [-0.39, 0.29) is 0 Å². The molecule has 2 rings (SSSR count). The molecular weight excluding hydrogens is 278 g/mol. The molecule has 0 fully saturated rings. The van der Waals surface area contributed by atoms with E-state index in [0.29, 0.717) is 0 Å². The van der Waals surface area contributed by atoms with E-state index in [2.05, 4.69) is 45.1 Å². The Bertz CT molecular complexity index is 511. The van der Waals surface area contributed by atoms with Crippen LogP contribution < -0.4 is 4.90 Å². The highest BCUT2D eigenvalue weighted by atomic mass is 79.9. The van der Waals surface area contributed by atoms with Crippen molar-refractivity contribution in [1.29, 1.82) is 0 Å². The average Bonchev–Trinajstić information content (AvgIpc) is 2.73. The standard InChI is InChI=1S/C14H14BrNO/c1-16(2)12-6-3-11(4-7-12)5-8-13-9-10-14(15)17-13/h3-10H,1-2H3/b8-5+. The molecule has 0 aliphatic heterocycles. The maximum absolute atomic E-state index is 5.39. The lowest BCUT2D eigenvalue weighted by molar-refractivity contribution is 0.532. The van der Waals surface area contributed by atoms with Crippen molar-refractivity contribution in [2.24, 2.45) is 0 Å². The first-order valence-electron chi connectivity index (χ1n) is 5.36. The molecule has 1 aromatic carbocycles. The van der Waals surface area contributed by atoms with Gasteiger partial charge in [0.1, 0.15) is 5.76 Å². The molecule has 0 radical (unpaired) electrons. The van der Waals surface area contributed by atoms with Crippen molar-refractivity contribution in [2.75, 3.05) is 19.0 Å². The zero-order valence-electron chi connectivity index (χ0n) is 9.85. The summed E-state index contributed by atoms with van der Waals surface area (Å²) >= 11 is 3.28. The minimum atomic E-state index is 0.750. The van der Waals surface area contributed by atoms with E-state index in [9.17, 15) is 0 Å². The smallest absolute Gasteiger partial charge is 0.169 e. The molecule has 88 valence electrons. The van der Waals surface area contributed by atoms with E-state index in [1.54, 1.807) is 0 Å². The largest absolute Gasteiger partial charge is 0.450 e. The second-order valence-corrected chi connectivity index (χ2v) is 4.74. The van der Waals surface area contributed by atoms with Crippen LogP contribution in [0.4, 0.5) is 5.69 Å². The molecule has 0 bridgehead atoms. The van der Waals surface area contributed by atoms with Crippen LogP contribution in [0.2, 0.25) is 0 Å². The van der Waals surface area contributed by atoms with Gasteiger partial charge in [-0.1, -0.05) is 18.2 Å². The van der Waals surface area contributed by atoms with E-state index < -0.39 is 0 Å². The van der Waals surface area contributed by atoms with Gasteiger partial charge >= 0.3 is 0 Å². The first-order chi connectivity index (χ1) is 8.15. The van der Waals surface area contributed by atoms with Gasteiger partial charge in [0.15, 0.2) is 4.67 Å². The Hall–Kier alpha value is -1.48. The summed E-state index contributed by atoms with van der Waals surface area (Å²) in [5, 5.41) is 0. The van der Waals surface area contributed by atoms with Gasteiger partial charge < -0.3 is 9.32 Å². The monoisotopic (exact) mass is 291 g/mol. The molecule has 0 spiro atoms. The summed E-state index contributed by atoms with van der Waals surface area (Å²) in [4.78, 5) is 2.08. The van der Waals surface area contributed by atoms with Gasteiger partial charge in [0.25, 0.3) is 0 Å². The minimum absolute atomic E-state index is 0.750. The molecule has 2 aromatic rings. The zero-order valence-corrected chi connectivity index (χ0v) is 11.4. The predicted octanol–water partition coefficient (Wildman–Crippen LogP) is 4.28. The molecule has 0 N–H and O–H groups in total. The predicted molar refractivity (Wildman–Crippen MR) is 76.1 cm³/mol. The first-order valence-corrected chi connectivity index (χ1v) is 6.15. The fraction of sp³-hybridized carbons (Fsp3) is 0.143. The summed E-state index contributed by atoms with van der Waals surface area (Å²) in [6, 6.07) is 12.2. The number of benzene rings is 1. The summed E-state index contributed by atoms with van der Waals surface area (Å²) in [6.45, 7) is 0. The molecule has 0 aliphatic carbocycles. The number of hydrogen-bond acceptors (Lipinski definition) is 2. The van der Waals surface area contributed by atoms with Gasteiger partial charge in [0.2, 0.25) is 0 Å². The van der Waals surface area contributed by atoms with Gasteiger partial charge in [0, 0.05) is 19.8 Å². The quantitative estimate of drug-likeness (QED) is 0.839. The lowest BCUT2D eigenvalue weighted by Crippen LogP contribution is -2.07. The Balaban J connectivity index is 2.11. The molecular formula is C14H14BrNO. The maximum atomic E-state index is 5.39. The number of nitrogens with zero attached hydrogens (tertiary/aromatic N) is 1. The SMILES string of the molecule is CN(C)c1ccc(/C=C/c2ccc(Br)o2)cc1. The van der Waals surface area contributed by atoms with E-state index >= 15 is 0 Å². The minimum Gasteiger partial charge on any atom is -0.450 e. The van der Waals surface area contributed by atoms with E-state index in [1.165, 1.54) is 5.69 Å². The summed E-state index contributed by atoms with van der Waals surface area (Å²) in [5.74, 6) is 0.841. The lowest BCUT2D eigenvalue weighted by Gasteiger charge is -2.11. The Morgan fingerprint density at radius 3 is 2.24 bits per heavy atom. The third-order valence-electron chi connectivity index (χ3n) is 2.44. The molecule has 0 unspecified atom stereocenters. The van der Waals surface area contributed by atoms with Crippen LogP contribution in [-0.2, 0) is 0 Å². The van der Waals surface area contributed by atoms with Crippen molar-refractivity contribution in [1.82, 2.24) is 0 Å². The summed E-state index contributed by atoms with van der Waals surface area (Å²) in [7, 11) is 4.07. The number of rotatable bonds is 3. The fourth-order valence-electron chi connectivity index (χ4n) is 1.48. The summed E-state index contributed by atoms with van der Waals surface area (Å²) in [5.41, 5.74) is 2.35. The molecule has 0 saturated carbocycles. The van der Waals surface area contributed by atoms with Gasteiger partial charge in [0.05, 0.1) is 0 Å². The topological polar surface area (TPSA) is 16.4 Å². The van der Waals surface area contributed by atoms with E-state index in [1.807, 2.05) is 38.4 Å². The van der Waals surface area contributed by atoms with Crippen LogP contribution in [0.15, 0.2) is 45.5 Å². The van der Waals surface area contributed by atoms with Crippen LogP contribution in [0.5, 0.6) is 0 Å². The van der Waals surface area contributed by atoms with Crippen molar-refractivity contribution in [3.05, 3.63) is 52.4 Å². The van der Waals surface area contributed by atoms with Crippen molar-refractivity contribution in [3.63, 3.8) is 0 Å². The van der Waals surface area contributed by atoms with Crippen LogP contribution in [0.1, 0.15) is 11.3 Å². The maximum Gasteiger partial charge on any atom is 0.169 e. The van der Waals surface area contributed by atoms with Crippen molar-refractivity contribution in [2.45, 2.75) is 0 Å². The molecule has 3 heteroatoms. The highest BCUT2D eigenvalue weighted by Gasteiger charge is 1.95. The molecule has 0 amide bonds. The van der Waals surface area contributed by atoms with Crippen LogP contribution in [-0.4, -0.2) is 14.1 Å². The van der Waals surface area contributed by atoms with Gasteiger partial charge in [-0.05, 0) is 51.8 Å². The van der Waals surface area contributed by atoms with Gasteiger partial charge in [-0.2, -0.15) is 0 Å². The second kappa shape index (κ2) is 5.23. The summed E-state index contributed by atoms with van der Waals surface area (Å²) in [6.07, 6.45) is 3.99. The second-order valence-electron chi connectivity index (χ2n) is 3.96. The number of anilines is 1. The number of hydrogen-bond donors (Lipinski definition) is 0. The lowest BCUT2D eigenvalue weighted by atomic mass is 10.2. The number of furan rings is 1. The highest BCUT2D eigenvalue weighted by Crippen LogP contribution is 2.17. The van der Waals surface area contributed by atoms with Crippen molar-refractivity contribution >= 4 is 33.8 Å². The Morgan fingerprint density at radius 2 is 1.71 bits per heavy atom. The molecule has 2 nitrogen and oxygen atoms in total. The number of halogens is 1. The zero-order chi connectivity index (χ0) is 12.3. The van der Waals surface area contributed by atoms with Crippen LogP contribution in [0, 0.1) is 0 Å². The Morgan fingerprint density at radius 1 is 1.00 bits per heavy atom. The molecule has 1 aromatic heterocycles. The third-order valence-corrected chi connectivity index (χ3v) is 2.87. The van der Waals surface area contributed by atoms with Crippen LogP contribution in [0.3, 0.4) is 0 Å². The third kappa shape index (κ3) is 3.24. The van der Waals surface area contributed by atoms with Crippen molar-refractivity contribution < 1.29 is 4.42 Å². The normalized spacial score (nSPS) is 11.0.